The summed E-state index contributed by atoms with van der Waals surface area (Å²) < 4.78 is 16.0. The minimum atomic E-state index is -0.504. The maximum absolute atomic E-state index is 14.6. The van der Waals surface area contributed by atoms with Crippen molar-refractivity contribution in [3.05, 3.63) is 63.8 Å². The number of urea groups is 1. The van der Waals surface area contributed by atoms with Crippen molar-refractivity contribution >= 4 is 11.7 Å². The van der Waals surface area contributed by atoms with Crippen LogP contribution in [0, 0.1) is 18.7 Å². The highest BCUT2D eigenvalue weighted by Gasteiger charge is 2.45. The highest BCUT2D eigenvalue weighted by Crippen LogP contribution is 2.38. The van der Waals surface area contributed by atoms with Crippen molar-refractivity contribution in [1.29, 1.82) is 0 Å². The number of carbonyl (C=O) groups excluding carboxylic acids is 1. The molecule has 2 aliphatic rings. The van der Waals surface area contributed by atoms with E-state index in [0.717, 1.165) is 12.8 Å². The van der Waals surface area contributed by atoms with Crippen LogP contribution in [0.2, 0.25) is 0 Å². The molecule has 2 N–H and O–H groups in total. The summed E-state index contributed by atoms with van der Waals surface area (Å²) in [7, 11) is 0. The third kappa shape index (κ3) is 3.30. The van der Waals surface area contributed by atoms with E-state index in [1.165, 1.54) is 16.7 Å². The number of aromatic nitrogens is 1. The minimum Gasteiger partial charge on any atom is -0.391 e. The number of aliphatic hydroxyl groups is 1. The van der Waals surface area contributed by atoms with Crippen LogP contribution >= 0.6 is 0 Å². The van der Waals surface area contributed by atoms with Gasteiger partial charge in [0, 0.05) is 23.9 Å². The van der Waals surface area contributed by atoms with Crippen LogP contribution in [0.15, 0.2) is 41.3 Å². The van der Waals surface area contributed by atoms with Gasteiger partial charge in [-0.2, -0.15) is 0 Å². The number of amides is 2. The van der Waals surface area contributed by atoms with Gasteiger partial charge >= 0.3 is 6.03 Å². The molecule has 0 bridgehead atoms. The zero-order valence-electron chi connectivity index (χ0n) is 15.8. The second-order valence-corrected chi connectivity index (χ2v) is 7.70. The highest BCUT2D eigenvalue weighted by molar-refractivity contribution is 5.90. The van der Waals surface area contributed by atoms with Crippen LogP contribution in [0.3, 0.4) is 0 Å². The Bertz CT molecular complexity index is 958. The molecule has 1 aliphatic heterocycles. The second kappa shape index (κ2) is 7.39. The van der Waals surface area contributed by atoms with Crippen molar-refractivity contribution in [3.63, 3.8) is 0 Å². The summed E-state index contributed by atoms with van der Waals surface area (Å²) in [5.41, 5.74) is 0.975. The maximum atomic E-state index is 14.6. The van der Waals surface area contributed by atoms with Crippen molar-refractivity contribution in [2.24, 2.45) is 5.92 Å². The minimum absolute atomic E-state index is 0.0253. The molecule has 4 rings (SSSR count). The Labute approximate surface area is 162 Å². The van der Waals surface area contributed by atoms with Gasteiger partial charge in [0.05, 0.1) is 24.4 Å². The largest absolute Gasteiger partial charge is 0.391 e. The molecule has 0 unspecified atom stereocenters. The number of hydrogen-bond acceptors (Lipinski definition) is 3. The SMILES string of the molecule is Cc1cccn(Cc2c(F)cccc2NC(=O)N2CC[C@@H]3CC[C@@H](O)[C@@H]32)c1=O. The van der Waals surface area contributed by atoms with Crippen LogP contribution in [0.25, 0.3) is 0 Å². The number of carbonyl (C=O) groups is 1. The Morgan fingerprint density at radius 2 is 2.07 bits per heavy atom. The van der Waals surface area contributed by atoms with Crippen molar-refractivity contribution in [3.8, 4) is 0 Å². The van der Waals surface area contributed by atoms with Crippen LogP contribution < -0.4 is 10.9 Å². The molecule has 1 saturated carbocycles. The Kier molecular flexibility index (Phi) is 4.93. The summed E-state index contributed by atoms with van der Waals surface area (Å²) >= 11 is 0. The van der Waals surface area contributed by atoms with E-state index in [0.29, 0.717) is 30.1 Å². The number of aryl methyl sites for hydroxylation is 1. The fraction of sp³-hybridized carbons (Fsp3) is 0.429. The Morgan fingerprint density at radius 1 is 1.25 bits per heavy atom. The first-order valence-corrected chi connectivity index (χ1v) is 9.65. The van der Waals surface area contributed by atoms with E-state index in [1.54, 1.807) is 36.2 Å². The summed E-state index contributed by atoms with van der Waals surface area (Å²) in [5.74, 6) is -0.148. The number of hydrogen-bond donors (Lipinski definition) is 2. The lowest BCUT2D eigenvalue weighted by molar-refractivity contribution is 0.101. The van der Waals surface area contributed by atoms with Crippen molar-refractivity contribution < 1.29 is 14.3 Å². The summed E-state index contributed by atoms with van der Waals surface area (Å²) in [6, 6.07) is 7.42. The van der Waals surface area contributed by atoms with E-state index in [4.69, 9.17) is 0 Å². The number of anilines is 1. The highest BCUT2D eigenvalue weighted by atomic mass is 19.1. The van der Waals surface area contributed by atoms with Crippen LogP contribution in [-0.4, -0.2) is 39.3 Å². The lowest BCUT2D eigenvalue weighted by atomic mass is 10.0. The van der Waals surface area contributed by atoms with Crippen LogP contribution in [0.5, 0.6) is 0 Å². The summed E-state index contributed by atoms with van der Waals surface area (Å²) in [6.45, 7) is 2.32. The topological polar surface area (TPSA) is 74.6 Å². The number of aliphatic hydroxyl groups excluding tert-OH is 1. The predicted octanol–water partition coefficient (Wildman–Crippen LogP) is 2.72. The molecular weight excluding hydrogens is 361 g/mol. The molecule has 0 spiro atoms. The van der Waals surface area contributed by atoms with Crippen LogP contribution in [0.4, 0.5) is 14.9 Å². The van der Waals surface area contributed by atoms with Gasteiger partial charge in [0.15, 0.2) is 0 Å². The molecular formula is C21H24FN3O3. The Hall–Kier alpha value is -2.67. The number of pyridine rings is 1. The van der Waals surface area contributed by atoms with Gasteiger partial charge in [-0.1, -0.05) is 12.1 Å². The third-order valence-corrected chi connectivity index (χ3v) is 5.97. The fourth-order valence-corrected chi connectivity index (χ4v) is 4.48. The molecule has 7 heteroatoms. The number of likely N-dealkylation sites (tertiary alicyclic amines) is 1. The van der Waals surface area contributed by atoms with E-state index in [9.17, 15) is 19.1 Å². The molecule has 1 aromatic carbocycles. The monoisotopic (exact) mass is 385 g/mol. The molecule has 6 nitrogen and oxygen atoms in total. The van der Waals surface area contributed by atoms with Gasteiger partial charge in [-0.05, 0) is 50.3 Å². The normalized spacial score (nSPS) is 23.7. The molecule has 1 aliphatic carbocycles. The molecule has 28 heavy (non-hydrogen) atoms. The molecule has 2 fully saturated rings. The first-order chi connectivity index (χ1) is 13.5. The third-order valence-electron chi connectivity index (χ3n) is 5.97. The predicted molar refractivity (Wildman–Crippen MR) is 104 cm³/mol. The molecule has 2 aromatic rings. The molecule has 2 heterocycles. The molecule has 2 amide bonds. The number of nitrogens with zero attached hydrogens (tertiary/aromatic N) is 2. The number of fused-ring (bicyclic) bond motifs is 1. The van der Waals surface area contributed by atoms with Gasteiger partial charge in [-0.25, -0.2) is 9.18 Å². The fourth-order valence-electron chi connectivity index (χ4n) is 4.48. The van der Waals surface area contributed by atoms with E-state index in [-0.39, 0.29) is 29.7 Å². The zero-order valence-corrected chi connectivity index (χ0v) is 15.8. The number of nitrogens with one attached hydrogen (secondary N) is 1. The Balaban J connectivity index is 1.59. The van der Waals surface area contributed by atoms with Gasteiger partial charge in [0.1, 0.15) is 5.82 Å². The van der Waals surface area contributed by atoms with Gasteiger partial charge in [-0.15, -0.1) is 0 Å². The average molecular weight is 385 g/mol. The summed E-state index contributed by atoms with van der Waals surface area (Å²) in [5, 5.41) is 13.0. The lowest BCUT2D eigenvalue weighted by Gasteiger charge is -2.27. The van der Waals surface area contributed by atoms with E-state index >= 15 is 0 Å². The molecule has 0 radical (unpaired) electrons. The van der Waals surface area contributed by atoms with Gasteiger partial charge in [0.25, 0.3) is 5.56 Å². The number of halogens is 1. The van der Waals surface area contributed by atoms with Crippen molar-refractivity contribution in [2.75, 3.05) is 11.9 Å². The lowest BCUT2D eigenvalue weighted by Crippen LogP contribution is -2.44. The number of rotatable bonds is 3. The summed E-state index contributed by atoms with van der Waals surface area (Å²) in [4.78, 5) is 26.8. The number of benzene rings is 1. The van der Waals surface area contributed by atoms with Crippen LogP contribution in [-0.2, 0) is 6.54 Å². The average Bonchev–Trinajstić information content (AvgIpc) is 3.25. The first kappa shape index (κ1) is 18.7. The molecule has 1 saturated heterocycles. The van der Waals surface area contributed by atoms with Crippen LogP contribution in [0.1, 0.15) is 30.4 Å². The van der Waals surface area contributed by atoms with Gasteiger partial charge in [-0.3, -0.25) is 4.79 Å². The maximum Gasteiger partial charge on any atom is 0.322 e. The first-order valence-electron chi connectivity index (χ1n) is 9.65. The molecule has 3 atom stereocenters. The molecule has 1 aromatic heterocycles. The van der Waals surface area contributed by atoms with Gasteiger partial charge < -0.3 is 19.9 Å². The van der Waals surface area contributed by atoms with Gasteiger partial charge in [0.2, 0.25) is 0 Å². The van der Waals surface area contributed by atoms with Crippen molar-refractivity contribution in [1.82, 2.24) is 9.47 Å². The zero-order chi connectivity index (χ0) is 19.8. The standard InChI is InChI=1S/C21H24FN3O3/c1-13-4-3-10-24(20(13)27)12-15-16(22)5-2-6-17(15)23-21(28)25-11-9-14-7-8-18(26)19(14)25/h2-6,10,14,18-19,26H,7-9,11-12H2,1H3,(H,23,28)/t14-,18+,19+/m0/s1. The summed E-state index contributed by atoms with van der Waals surface area (Å²) in [6.07, 6.45) is 3.62. The smallest absolute Gasteiger partial charge is 0.322 e. The Morgan fingerprint density at radius 3 is 2.89 bits per heavy atom. The van der Waals surface area contributed by atoms with E-state index < -0.39 is 11.9 Å². The van der Waals surface area contributed by atoms with E-state index in [1.807, 2.05) is 0 Å². The quantitative estimate of drug-likeness (QED) is 0.853. The second-order valence-electron chi connectivity index (χ2n) is 7.70. The van der Waals surface area contributed by atoms with E-state index in [2.05, 4.69) is 5.32 Å². The van der Waals surface area contributed by atoms with Crippen molar-refractivity contribution in [2.45, 2.75) is 44.9 Å². The molecule has 148 valence electrons.